The number of likely N-dealkylation sites (tertiary alicyclic amines) is 1. The first-order chi connectivity index (χ1) is 6.74. The van der Waals surface area contributed by atoms with Crippen LogP contribution in [-0.4, -0.2) is 29.6 Å². The van der Waals surface area contributed by atoms with E-state index in [1.165, 1.54) is 32.1 Å². The fourth-order valence-corrected chi connectivity index (χ4v) is 3.10. The summed E-state index contributed by atoms with van der Waals surface area (Å²) in [5.41, 5.74) is 5.87. The summed E-state index contributed by atoms with van der Waals surface area (Å²) < 4.78 is 0. The van der Waals surface area contributed by atoms with Crippen LogP contribution in [0.25, 0.3) is 0 Å². The van der Waals surface area contributed by atoms with E-state index in [1.807, 2.05) is 0 Å². The van der Waals surface area contributed by atoms with E-state index in [0.29, 0.717) is 6.04 Å². The second kappa shape index (κ2) is 4.19. The van der Waals surface area contributed by atoms with Crippen LogP contribution in [0.2, 0.25) is 0 Å². The van der Waals surface area contributed by atoms with Crippen molar-refractivity contribution < 1.29 is 0 Å². The van der Waals surface area contributed by atoms with E-state index in [4.69, 9.17) is 5.73 Å². The summed E-state index contributed by atoms with van der Waals surface area (Å²) in [6.45, 7) is 5.63. The second-order valence-electron chi connectivity index (χ2n) is 5.19. The monoisotopic (exact) mass is 196 g/mol. The molecule has 0 aromatic rings. The first-order valence-corrected chi connectivity index (χ1v) is 6.21. The minimum atomic E-state index is 0.661. The molecule has 2 fully saturated rings. The van der Waals surface area contributed by atoms with Gasteiger partial charge in [0.2, 0.25) is 0 Å². The Labute approximate surface area is 87.8 Å². The van der Waals surface area contributed by atoms with Crippen molar-refractivity contribution in [1.29, 1.82) is 0 Å². The molecule has 2 rings (SSSR count). The highest BCUT2D eigenvalue weighted by atomic mass is 15.2. The van der Waals surface area contributed by atoms with Crippen molar-refractivity contribution in [1.82, 2.24) is 4.90 Å². The summed E-state index contributed by atoms with van der Waals surface area (Å²) in [5, 5.41) is 0. The Morgan fingerprint density at radius 2 is 2.00 bits per heavy atom. The zero-order valence-corrected chi connectivity index (χ0v) is 9.58. The first-order valence-electron chi connectivity index (χ1n) is 6.21. The third kappa shape index (κ3) is 1.96. The number of nitrogens with zero attached hydrogens (tertiary/aromatic N) is 1. The lowest BCUT2D eigenvalue weighted by atomic mass is 9.93. The van der Waals surface area contributed by atoms with Crippen LogP contribution in [0.4, 0.5) is 0 Å². The van der Waals surface area contributed by atoms with Crippen molar-refractivity contribution in [3.63, 3.8) is 0 Å². The molecule has 0 bridgehead atoms. The summed E-state index contributed by atoms with van der Waals surface area (Å²) in [7, 11) is 0. The molecule has 0 aromatic carbocycles. The van der Waals surface area contributed by atoms with Crippen LogP contribution in [0, 0.1) is 5.92 Å². The SMILES string of the molecule is CC1CCCC(CN)N1C(C)C1CC1. The molecular formula is C12H24N2. The van der Waals surface area contributed by atoms with E-state index in [2.05, 4.69) is 18.7 Å². The normalized spacial score (nSPS) is 37.1. The molecule has 2 N–H and O–H groups in total. The van der Waals surface area contributed by atoms with E-state index in [9.17, 15) is 0 Å². The molecule has 82 valence electrons. The number of nitrogens with two attached hydrogens (primary N) is 1. The molecule has 2 heteroatoms. The molecular weight excluding hydrogens is 172 g/mol. The van der Waals surface area contributed by atoms with Gasteiger partial charge in [-0.1, -0.05) is 6.42 Å². The first kappa shape index (κ1) is 10.4. The molecule has 0 radical (unpaired) electrons. The molecule has 0 amide bonds. The van der Waals surface area contributed by atoms with E-state index in [-0.39, 0.29) is 0 Å². The molecule has 0 spiro atoms. The molecule has 2 aliphatic rings. The maximum absolute atomic E-state index is 5.87. The van der Waals surface area contributed by atoms with Crippen LogP contribution < -0.4 is 5.73 Å². The minimum absolute atomic E-state index is 0.661. The highest BCUT2D eigenvalue weighted by molar-refractivity contribution is 4.93. The maximum atomic E-state index is 5.87. The van der Waals surface area contributed by atoms with Gasteiger partial charge >= 0.3 is 0 Å². The molecule has 1 heterocycles. The van der Waals surface area contributed by atoms with E-state index in [1.54, 1.807) is 0 Å². The van der Waals surface area contributed by atoms with Crippen LogP contribution in [0.3, 0.4) is 0 Å². The summed E-state index contributed by atoms with van der Waals surface area (Å²) in [6.07, 6.45) is 6.95. The second-order valence-corrected chi connectivity index (χ2v) is 5.19. The lowest BCUT2D eigenvalue weighted by Crippen LogP contribution is -2.53. The molecule has 1 saturated heterocycles. The molecule has 1 saturated carbocycles. The topological polar surface area (TPSA) is 29.3 Å². The van der Waals surface area contributed by atoms with Crippen molar-refractivity contribution >= 4 is 0 Å². The Bertz CT molecular complexity index is 187. The van der Waals surface area contributed by atoms with Gasteiger partial charge in [0.1, 0.15) is 0 Å². The fourth-order valence-electron chi connectivity index (χ4n) is 3.10. The molecule has 14 heavy (non-hydrogen) atoms. The number of piperidine rings is 1. The third-order valence-electron chi connectivity index (χ3n) is 4.14. The van der Waals surface area contributed by atoms with E-state index in [0.717, 1.165) is 24.5 Å². The van der Waals surface area contributed by atoms with Gasteiger partial charge in [-0.2, -0.15) is 0 Å². The number of hydrogen-bond donors (Lipinski definition) is 1. The zero-order chi connectivity index (χ0) is 10.1. The van der Waals surface area contributed by atoms with Gasteiger partial charge in [0.25, 0.3) is 0 Å². The summed E-state index contributed by atoms with van der Waals surface area (Å²) >= 11 is 0. The maximum Gasteiger partial charge on any atom is 0.0224 e. The minimum Gasteiger partial charge on any atom is -0.329 e. The van der Waals surface area contributed by atoms with Gasteiger partial charge in [-0.3, -0.25) is 4.90 Å². The lowest BCUT2D eigenvalue weighted by Gasteiger charge is -2.44. The van der Waals surface area contributed by atoms with E-state index < -0.39 is 0 Å². The van der Waals surface area contributed by atoms with Crippen LogP contribution in [0.1, 0.15) is 46.0 Å². The third-order valence-corrected chi connectivity index (χ3v) is 4.14. The summed E-state index contributed by atoms with van der Waals surface area (Å²) in [6, 6.07) is 2.20. The van der Waals surface area contributed by atoms with Crippen molar-refractivity contribution in [3.05, 3.63) is 0 Å². The Morgan fingerprint density at radius 1 is 1.29 bits per heavy atom. The van der Waals surface area contributed by atoms with Crippen molar-refractivity contribution in [2.75, 3.05) is 6.54 Å². The van der Waals surface area contributed by atoms with Crippen LogP contribution in [0.15, 0.2) is 0 Å². The van der Waals surface area contributed by atoms with Crippen LogP contribution >= 0.6 is 0 Å². The summed E-state index contributed by atoms with van der Waals surface area (Å²) in [5.74, 6) is 0.976. The van der Waals surface area contributed by atoms with Gasteiger partial charge in [-0.15, -0.1) is 0 Å². The molecule has 0 aromatic heterocycles. The lowest BCUT2D eigenvalue weighted by molar-refractivity contribution is 0.0481. The Balaban J connectivity index is 2.01. The predicted octanol–water partition coefficient (Wildman–Crippen LogP) is 1.99. The van der Waals surface area contributed by atoms with Crippen molar-refractivity contribution in [2.45, 2.75) is 64.1 Å². The quantitative estimate of drug-likeness (QED) is 0.748. The number of hydrogen-bond acceptors (Lipinski definition) is 2. The standard InChI is InChI=1S/C12H24N2/c1-9-4-3-5-12(8-13)14(9)10(2)11-6-7-11/h9-12H,3-8,13H2,1-2H3. The zero-order valence-electron chi connectivity index (χ0n) is 9.58. The van der Waals surface area contributed by atoms with Gasteiger partial charge < -0.3 is 5.73 Å². The molecule has 3 unspecified atom stereocenters. The Morgan fingerprint density at radius 3 is 2.57 bits per heavy atom. The smallest absolute Gasteiger partial charge is 0.0224 e. The Hall–Kier alpha value is -0.0800. The molecule has 3 atom stereocenters. The van der Waals surface area contributed by atoms with Crippen LogP contribution in [0.5, 0.6) is 0 Å². The van der Waals surface area contributed by atoms with Crippen molar-refractivity contribution in [3.8, 4) is 0 Å². The van der Waals surface area contributed by atoms with Gasteiger partial charge in [-0.25, -0.2) is 0 Å². The predicted molar refractivity (Wildman–Crippen MR) is 60.2 cm³/mol. The van der Waals surface area contributed by atoms with Crippen LogP contribution in [-0.2, 0) is 0 Å². The van der Waals surface area contributed by atoms with Gasteiger partial charge in [0, 0.05) is 24.7 Å². The fraction of sp³-hybridized carbons (Fsp3) is 1.00. The average molecular weight is 196 g/mol. The average Bonchev–Trinajstić information content (AvgIpc) is 2.99. The van der Waals surface area contributed by atoms with Gasteiger partial charge in [0.05, 0.1) is 0 Å². The largest absolute Gasteiger partial charge is 0.329 e. The van der Waals surface area contributed by atoms with Crippen molar-refractivity contribution in [2.24, 2.45) is 11.7 Å². The van der Waals surface area contributed by atoms with E-state index >= 15 is 0 Å². The van der Waals surface area contributed by atoms with Gasteiger partial charge in [0.15, 0.2) is 0 Å². The molecule has 2 nitrogen and oxygen atoms in total. The van der Waals surface area contributed by atoms with Gasteiger partial charge in [-0.05, 0) is 45.4 Å². The summed E-state index contributed by atoms with van der Waals surface area (Å²) in [4.78, 5) is 2.71. The number of rotatable bonds is 3. The molecule has 1 aliphatic carbocycles. The highest BCUT2D eigenvalue weighted by Gasteiger charge is 2.38. The highest BCUT2D eigenvalue weighted by Crippen LogP contribution is 2.38. The molecule has 1 aliphatic heterocycles. The Kier molecular flexibility index (Phi) is 3.13.